The molecule has 4 rings (SSSR count). The van der Waals surface area contributed by atoms with E-state index in [2.05, 4.69) is 28.1 Å². The van der Waals surface area contributed by atoms with Gasteiger partial charge in [-0.2, -0.15) is 10.4 Å². The first kappa shape index (κ1) is 20.2. The number of carbonyl (C=O) groups is 2. The molecule has 1 aliphatic heterocycles. The molecule has 0 radical (unpaired) electrons. The highest BCUT2D eigenvalue weighted by molar-refractivity contribution is 6.26. The number of nitriles is 1. The second kappa shape index (κ2) is 8.36. The Kier molecular flexibility index (Phi) is 5.46. The number of azo groups is 1. The Balaban J connectivity index is 1.65. The summed E-state index contributed by atoms with van der Waals surface area (Å²) in [5, 5.41) is 18.9. The molecule has 154 valence electrons. The van der Waals surface area contributed by atoms with Gasteiger partial charge in [0, 0.05) is 47.7 Å². The third kappa shape index (κ3) is 3.64. The van der Waals surface area contributed by atoms with Gasteiger partial charge in [0.15, 0.2) is 0 Å². The highest BCUT2D eigenvalue weighted by Gasteiger charge is 2.30. The van der Waals surface area contributed by atoms with Gasteiger partial charge in [0.25, 0.3) is 11.8 Å². The van der Waals surface area contributed by atoms with E-state index in [0.29, 0.717) is 40.9 Å². The molecule has 0 fully saturated rings. The van der Waals surface area contributed by atoms with Crippen molar-refractivity contribution in [3.05, 3.63) is 65.7 Å². The van der Waals surface area contributed by atoms with Gasteiger partial charge in [-0.15, -0.1) is 5.11 Å². The largest absolute Gasteiger partial charge is 0.371 e. The molecule has 1 aliphatic rings. The molecule has 3 aromatic rings. The number of benzene rings is 3. The first-order chi connectivity index (χ1) is 15.0. The third-order valence-corrected chi connectivity index (χ3v) is 5.45. The Morgan fingerprint density at radius 3 is 2.35 bits per heavy atom. The molecule has 31 heavy (non-hydrogen) atoms. The van der Waals surface area contributed by atoms with E-state index >= 15 is 0 Å². The summed E-state index contributed by atoms with van der Waals surface area (Å²) >= 11 is 0. The summed E-state index contributed by atoms with van der Waals surface area (Å²) in [6, 6.07) is 18.6. The predicted molar refractivity (Wildman–Crippen MR) is 119 cm³/mol. The Labute approximate surface area is 180 Å². The van der Waals surface area contributed by atoms with Gasteiger partial charge in [0.1, 0.15) is 0 Å². The summed E-state index contributed by atoms with van der Waals surface area (Å²) in [5.74, 6) is -0.630. The highest BCUT2D eigenvalue weighted by atomic mass is 16.2. The molecule has 7 heteroatoms. The van der Waals surface area contributed by atoms with E-state index in [0.717, 1.165) is 22.5 Å². The maximum Gasteiger partial charge on any atom is 0.261 e. The molecular weight excluding hydrogens is 390 g/mol. The van der Waals surface area contributed by atoms with E-state index in [1.807, 2.05) is 30.3 Å². The van der Waals surface area contributed by atoms with Crippen molar-refractivity contribution in [2.75, 3.05) is 25.0 Å². The van der Waals surface area contributed by atoms with E-state index in [1.165, 1.54) is 7.05 Å². The zero-order valence-electron chi connectivity index (χ0n) is 17.4. The number of hydrogen-bond acceptors (Lipinski definition) is 6. The van der Waals surface area contributed by atoms with Crippen LogP contribution in [0.25, 0.3) is 10.8 Å². The Hall–Kier alpha value is -4.05. The van der Waals surface area contributed by atoms with Gasteiger partial charge in [-0.1, -0.05) is 12.1 Å². The maximum absolute atomic E-state index is 12.5. The average molecular weight is 411 g/mol. The van der Waals surface area contributed by atoms with Crippen molar-refractivity contribution in [1.29, 1.82) is 5.26 Å². The zero-order valence-corrected chi connectivity index (χ0v) is 17.4. The molecule has 0 bridgehead atoms. The van der Waals surface area contributed by atoms with Crippen LogP contribution in [0.4, 0.5) is 17.1 Å². The van der Waals surface area contributed by atoms with Crippen molar-refractivity contribution in [3.8, 4) is 6.07 Å². The fourth-order valence-corrected chi connectivity index (χ4v) is 3.79. The minimum Gasteiger partial charge on any atom is -0.371 e. The topological polar surface area (TPSA) is 89.1 Å². The molecule has 3 aromatic carbocycles. The van der Waals surface area contributed by atoms with Crippen LogP contribution in [0.3, 0.4) is 0 Å². The van der Waals surface area contributed by atoms with Crippen molar-refractivity contribution in [3.63, 3.8) is 0 Å². The molecule has 0 aliphatic carbocycles. The average Bonchev–Trinajstić information content (AvgIpc) is 2.81. The van der Waals surface area contributed by atoms with E-state index in [1.54, 1.807) is 24.3 Å². The number of imide groups is 1. The van der Waals surface area contributed by atoms with Crippen molar-refractivity contribution < 1.29 is 9.59 Å². The molecule has 0 saturated heterocycles. The Morgan fingerprint density at radius 1 is 0.968 bits per heavy atom. The molecule has 0 saturated carbocycles. The van der Waals surface area contributed by atoms with Crippen LogP contribution in [0.15, 0.2) is 64.8 Å². The second-order valence-corrected chi connectivity index (χ2v) is 7.23. The summed E-state index contributed by atoms with van der Waals surface area (Å²) in [5.41, 5.74) is 3.30. The third-order valence-electron chi connectivity index (χ3n) is 5.45. The summed E-state index contributed by atoms with van der Waals surface area (Å²) in [7, 11) is 1.49. The van der Waals surface area contributed by atoms with Crippen LogP contribution in [0.5, 0.6) is 0 Å². The van der Waals surface area contributed by atoms with Crippen LogP contribution in [-0.4, -0.2) is 36.9 Å². The van der Waals surface area contributed by atoms with Crippen molar-refractivity contribution in [1.82, 2.24) is 4.90 Å². The van der Waals surface area contributed by atoms with Gasteiger partial charge in [-0.05, 0) is 49.4 Å². The lowest BCUT2D eigenvalue weighted by molar-refractivity contribution is 0.0650. The molecule has 1 heterocycles. The highest BCUT2D eigenvalue weighted by Crippen LogP contribution is 2.36. The number of amides is 2. The maximum atomic E-state index is 12.5. The lowest BCUT2D eigenvalue weighted by atomic mass is 9.93. The van der Waals surface area contributed by atoms with Gasteiger partial charge < -0.3 is 4.90 Å². The normalized spacial score (nSPS) is 13.1. The number of anilines is 1. The van der Waals surface area contributed by atoms with E-state index in [-0.39, 0.29) is 11.8 Å². The van der Waals surface area contributed by atoms with E-state index < -0.39 is 0 Å². The number of carbonyl (C=O) groups excluding carboxylic acids is 2. The van der Waals surface area contributed by atoms with Crippen LogP contribution in [-0.2, 0) is 0 Å². The lowest BCUT2D eigenvalue weighted by Gasteiger charge is -2.23. The smallest absolute Gasteiger partial charge is 0.261 e. The van der Waals surface area contributed by atoms with Crippen molar-refractivity contribution in [2.24, 2.45) is 10.2 Å². The molecule has 0 unspecified atom stereocenters. The summed E-state index contributed by atoms with van der Waals surface area (Å²) in [4.78, 5) is 28.3. The van der Waals surface area contributed by atoms with Crippen LogP contribution in [0.2, 0.25) is 0 Å². The SMILES string of the molecule is CCN(CCC#N)c1ccc(N=Nc2ccc3c4c(cccc24)C(=O)N(C)C3=O)cc1. The predicted octanol–water partition coefficient (Wildman–Crippen LogP) is 5.22. The molecule has 7 nitrogen and oxygen atoms in total. The summed E-state index contributed by atoms with van der Waals surface area (Å²) < 4.78 is 0. The van der Waals surface area contributed by atoms with Crippen LogP contribution < -0.4 is 4.90 Å². The number of hydrogen-bond donors (Lipinski definition) is 0. The molecule has 0 spiro atoms. The number of nitrogens with zero attached hydrogens (tertiary/aromatic N) is 5. The Bertz CT molecular complexity index is 1220. The number of rotatable bonds is 6. The quantitative estimate of drug-likeness (QED) is 0.411. The van der Waals surface area contributed by atoms with Crippen LogP contribution in [0, 0.1) is 11.3 Å². The molecule has 0 atom stereocenters. The van der Waals surface area contributed by atoms with Gasteiger partial charge >= 0.3 is 0 Å². The minimum absolute atomic E-state index is 0.315. The van der Waals surface area contributed by atoms with Gasteiger partial charge in [-0.3, -0.25) is 14.5 Å². The zero-order chi connectivity index (χ0) is 22.0. The second-order valence-electron chi connectivity index (χ2n) is 7.23. The monoisotopic (exact) mass is 411 g/mol. The first-order valence-electron chi connectivity index (χ1n) is 10.1. The van der Waals surface area contributed by atoms with Gasteiger partial charge in [0.2, 0.25) is 0 Å². The molecule has 0 N–H and O–H groups in total. The Morgan fingerprint density at radius 2 is 1.68 bits per heavy atom. The molecular formula is C24H21N5O2. The first-order valence-corrected chi connectivity index (χ1v) is 10.1. The van der Waals surface area contributed by atoms with Crippen LogP contribution in [0.1, 0.15) is 34.1 Å². The molecule has 0 aromatic heterocycles. The summed E-state index contributed by atoms with van der Waals surface area (Å²) in [6.45, 7) is 3.55. The fourth-order valence-electron chi connectivity index (χ4n) is 3.79. The minimum atomic E-state index is -0.315. The fraction of sp³-hybridized carbons (Fsp3) is 0.208. The summed E-state index contributed by atoms with van der Waals surface area (Å²) in [6.07, 6.45) is 0.473. The molecule has 2 amide bonds. The lowest BCUT2D eigenvalue weighted by Crippen LogP contribution is -2.36. The van der Waals surface area contributed by atoms with Crippen molar-refractivity contribution >= 4 is 39.6 Å². The van der Waals surface area contributed by atoms with E-state index in [4.69, 9.17) is 5.26 Å². The van der Waals surface area contributed by atoms with Crippen LogP contribution >= 0.6 is 0 Å². The van der Waals surface area contributed by atoms with Gasteiger partial charge in [0.05, 0.1) is 23.9 Å². The van der Waals surface area contributed by atoms with E-state index in [9.17, 15) is 9.59 Å². The van der Waals surface area contributed by atoms with Gasteiger partial charge in [-0.25, -0.2) is 0 Å². The van der Waals surface area contributed by atoms with Crippen molar-refractivity contribution in [2.45, 2.75) is 13.3 Å². The standard InChI is InChI=1S/C24H21N5O2/c1-3-29(15-5-14-25)17-10-8-16(9-11-17)26-27-21-13-12-20-22-18(21)6-4-7-19(22)23(30)28(2)24(20)31/h4,6-13H,3,5,15H2,1-2H3.